The van der Waals surface area contributed by atoms with Crippen molar-refractivity contribution in [1.82, 2.24) is 0 Å². The first-order valence-electron chi connectivity index (χ1n) is 12.1. The Morgan fingerprint density at radius 3 is 1.85 bits per heavy atom. The van der Waals surface area contributed by atoms with Gasteiger partial charge in [-0.25, -0.2) is 9.59 Å². The second-order valence-corrected chi connectivity index (χ2v) is 8.98. The van der Waals surface area contributed by atoms with E-state index in [4.69, 9.17) is 18.9 Å². The second-order valence-electron chi connectivity index (χ2n) is 8.98. The van der Waals surface area contributed by atoms with E-state index in [1.807, 2.05) is 27.7 Å². The van der Waals surface area contributed by atoms with E-state index in [1.54, 1.807) is 13.8 Å². The molecule has 0 fully saturated rings. The Hall–Kier alpha value is -2.28. The monoisotopic (exact) mass is 466 g/mol. The minimum Gasteiger partial charge on any atom is -0.493 e. The van der Waals surface area contributed by atoms with Crippen LogP contribution in [0.2, 0.25) is 0 Å². The summed E-state index contributed by atoms with van der Waals surface area (Å²) < 4.78 is 22.0. The summed E-state index contributed by atoms with van der Waals surface area (Å²) in [5.74, 6) is -0.495. The van der Waals surface area contributed by atoms with Gasteiger partial charge in [0.1, 0.15) is 22.6 Å². The van der Waals surface area contributed by atoms with Crippen LogP contribution in [0.1, 0.15) is 107 Å². The summed E-state index contributed by atoms with van der Waals surface area (Å²) in [6.07, 6.45) is 6.74. The minimum absolute atomic E-state index is 0.191. The van der Waals surface area contributed by atoms with E-state index in [0.29, 0.717) is 6.61 Å². The van der Waals surface area contributed by atoms with Gasteiger partial charge >= 0.3 is 11.9 Å². The molecule has 0 aliphatic rings. The first kappa shape index (κ1) is 28.8. The number of unbranched alkanes of at least 4 members (excludes halogenated alkanes) is 5. The average Bonchev–Trinajstić information content (AvgIpc) is 2.72. The Kier molecular flexibility index (Phi) is 12.9. The molecule has 0 saturated carbocycles. The van der Waals surface area contributed by atoms with E-state index in [1.165, 1.54) is 12.1 Å². The van der Waals surface area contributed by atoms with Gasteiger partial charge in [0.15, 0.2) is 0 Å². The van der Waals surface area contributed by atoms with Crippen molar-refractivity contribution in [3.8, 4) is 11.5 Å². The van der Waals surface area contributed by atoms with E-state index in [9.17, 15) is 14.7 Å². The van der Waals surface area contributed by atoms with Crippen molar-refractivity contribution in [1.29, 1.82) is 0 Å². The van der Waals surface area contributed by atoms with Gasteiger partial charge in [-0.05, 0) is 66.5 Å². The maximum absolute atomic E-state index is 12.5. The van der Waals surface area contributed by atoms with Crippen LogP contribution in [0.25, 0.3) is 0 Å². The first-order valence-corrected chi connectivity index (χ1v) is 12.1. The van der Waals surface area contributed by atoms with Gasteiger partial charge < -0.3 is 24.1 Å². The van der Waals surface area contributed by atoms with Crippen molar-refractivity contribution in [2.24, 2.45) is 0 Å². The highest BCUT2D eigenvalue weighted by molar-refractivity contribution is 5.98. The topological polar surface area (TPSA) is 91.3 Å². The van der Waals surface area contributed by atoms with Crippen molar-refractivity contribution in [3.63, 3.8) is 0 Å². The molecule has 7 nitrogen and oxygen atoms in total. The summed E-state index contributed by atoms with van der Waals surface area (Å²) in [5, 5.41) is 9.75. The van der Waals surface area contributed by atoms with Crippen molar-refractivity contribution in [3.05, 3.63) is 23.3 Å². The number of hydrogen-bond donors (Lipinski definition) is 1. The number of esters is 2. The lowest BCUT2D eigenvalue weighted by Crippen LogP contribution is -2.17. The molecule has 0 heterocycles. The van der Waals surface area contributed by atoms with Crippen LogP contribution in [-0.2, 0) is 9.47 Å². The van der Waals surface area contributed by atoms with E-state index < -0.39 is 17.5 Å². The van der Waals surface area contributed by atoms with E-state index >= 15 is 0 Å². The molecule has 33 heavy (non-hydrogen) atoms. The molecule has 0 radical (unpaired) electrons. The van der Waals surface area contributed by atoms with Gasteiger partial charge in [0.05, 0.1) is 31.5 Å². The second kappa shape index (κ2) is 14.8. The number of carbonyl (C=O) groups excluding carboxylic acids is 2. The number of carbonyl (C=O) groups is 2. The molecule has 0 aliphatic carbocycles. The van der Waals surface area contributed by atoms with Crippen LogP contribution in [0.3, 0.4) is 0 Å². The third kappa shape index (κ3) is 11.4. The smallest absolute Gasteiger partial charge is 0.342 e. The van der Waals surface area contributed by atoms with Crippen molar-refractivity contribution >= 4 is 11.9 Å². The van der Waals surface area contributed by atoms with Gasteiger partial charge in [-0.2, -0.15) is 0 Å². The number of rotatable bonds is 16. The lowest BCUT2D eigenvalue weighted by atomic mass is 10.00. The number of ether oxygens (including phenoxy) is 4. The zero-order valence-electron chi connectivity index (χ0n) is 21.2. The maximum Gasteiger partial charge on any atom is 0.342 e. The standard InChI is InChI=1S/C26H42O7/c1-7-30-24(27)20-18-23(33-19(3)4)21(25(28)31-8-2)17-22(20)32-16-14-12-10-9-11-13-15-26(5,6)29/h17-19,29H,7-16H2,1-6H3. The Morgan fingerprint density at radius 2 is 1.33 bits per heavy atom. The first-order chi connectivity index (χ1) is 15.6. The summed E-state index contributed by atoms with van der Waals surface area (Å²) in [6, 6.07) is 3.01. The van der Waals surface area contributed by atoms with Crippen LogP contribution in [0.5, 0.6) is 11.5 Å². The van der Waals surface area contributed by atoms with Crippen LogP contribution in [-0.4, -0.2) is 48.6 Å². The number of hydrogen-bond acceptors (Lipinski definition) is 7. The normalized spacial score (nSPS) is 11.4. The number of benzene rings is 1. The molecule has 0 unspecified atom stereocenters. The van der Waals surface area contributed by atoms with Crippen LogP contribution in [0.4, 0.5) is 0 Å². The molecule has 0 bridgehead atoms. The molecular weight excluding hydrogens is 424 g/mol. The summed E-state index contributed by atoms with van der Waals surface area (Å²) in [7, 11) is 0. The molecule has 1 N–H and O–H groups in total. The molecule has 1 aromatic carbocycles. The fourth-order valence-corrected chi connectivity index (χ4v) is 3.32. The average molecular weight is 467 g/mol. The van der Waals surface area contributed by atoms with E-state index in [-0.39, 0.29) is 41.9 Å². The highest BCUT2D eigenvalue weighted by Crippen LogP contribution is 2.31. The zero-order chi connectivity index (χ0) is 24.9. The Morgan fingerprint density at radius 1 is 0.848 bits per heavy atom. The van der Waals surface area contributed by atoms with E-state index in [2.05, 4.69) is 0 Å². The molecule has 0 aromatic heterocycles. The van der Waals surface area contributed by atoms with E-state index in [0.717, 1.165) is 44.9 Å². The zero-order valence-corrected chi connectivity index (χ0v) is 21.2. The summed E-state index contributed by atoms with van der Waals surface area (Å²) in [5.41, 5.74) is -0.143. The lowest BCUT2D eigenvalue weighted by Gasteiger charge is -2.18. The number of aliphatic hydroxyl groups is 1. The Labute approximate surface area is 198 Å². The molecule has 188 valence electrons. The summed E-state index contributed by atoms with van der Waals surface area (Å²) >= 11 is 0. The van der Waals surface area contributed by atoms with Crippen LogP contribution in [0, 0.1) is 0 Å². The summed E-state index contributed by atoms with van der Waals surface area (Å²) in [6.45, 7) is 11.7. The molecule has 7 heteroatoms. The highest BCUT2D eigenvalue weighted by atomic mass is 16.5. The van der Waals surface area contributed by atoms with Gasteiger partial charge in [0.2, 0.25) is 0 Å². The van der Waals surface area contributed by atoms with Crippen LogP contribution >= 0.6 is 0 Å². The molecule has 1 rings (SSSR count). The van der Waals surface area contributed by atoms with Gasteiger partial charge in [0, 0.05) is 0 Å². The van der Waals surface area contributed by atoms with Crippen LogP contribution in [0.15, 0.2) is 12.1 Å². The lowest BCUT2D eigenvalue weighted by molar-refractivity contribution is 0.0501. The van der Waals surface area contributed by atoms with Crippen molar-refractivity contribution < 1.29 is 33.6 Å². The fraction of sp³-hybridized carbons (Fsp3) is 0.692. The largest absolute Gasteiger partial charge is 0.493 e. The fourth-order valence-electron chi connectivity index (χ4n) is 3.32. The highest BCUT2D eigenvalue weighted by Gasteiger charge is 2.23. The summed E-state index contributed by atoms with van der Waals surface area (Å²) in [4.78, 5) is 25.0. The van der Waals surface area contributed by atoms with Crippen molar-refractivity contribution in [2.45, 2.75) is 98.2 Å². The molecule has 0 saturated heterocycles. The SMILES string of the molecule is CCOC(=O)c1cc(OC(C)C)c(C(=O)OCC)cc1OCCCCCCCCC(C)(C)O. The third-order valence-corrected chi connectivity index (χ3v) is 4.88. The molecule has 0 atom stereocenters. The van der Waals surface area contributed by atoms with Crippen LogP contribution < -0.4 is 9.47 Å². The Bertz CT molecular complexity index is 735. The minimum atomic E-state index is -0.595. The van der Waals surface area contributed by atoms with Gasteiger partial charge in [-0.3, -0.25) is 0 Å². The third-order valence-electron chi connectivity index (χ3n) is 4.88. The molecule has 0 aliphatic heterocycles. The molecule has 0 spiro atoms. The predicted molar refractivity (Wildman–Crippen MR) is 128 cm³/mol. The Balaban J connectivity index is 2.80. The molecule has 0 amide bonds. The maximum atomic E-state index is 12.5. The predicted octanol–water partition coefficient (Wildman–Crippen LogP) is 5.71. The molecular formula is C26H42O7. The van der Waals surface area contributed by atoms with Crippen molar-refractivity contribution in [2.75, 3.05) is 19.8 Å². The van der Waals surface area contributed by atoms with Gasteiger partial charge in [0.25, 0.3) is 0 Å². The quantitative estimate of drug-likeness (QED) is 0.246. The molecule has 1 aromatic rings. The van der Waals surface area contributed by atoms with Gasteiger partial charge in [-0.1, -0.05) is 32.1 Å². The van der Waals surface area contributed by atoms with Gasteiger partial charge in [-0.15, -0.1) is 0 Å².